The van der Waals surface area contributed by atoms with Crippen LogP contribution in [0.4, 0.5) is 0 Å². The average Bonchev–Trinajstić information content (AvgIpc) is 2.99. The fraction of sp³-hybridized carbons (Fsp3) is 0.188. The molecule has 3 rings (SSSR count). The molecular formula is C16H14O3S. The molecule has 20 heavy (non-hydrogen) atoms. The maximum atomic E-state index is 11.7. The Bertz CT molecular complexity index is 671. The van der Waals surface area contributed by atoms with Crippen LogP contribution >= 0.6 is 11.3 Å². The number of hydrogen-bond acceptors (Lipinski definition) is 4. The van der Waals surface area contributed by atoms with Crippen LogP contribution in [0.15, 0.2) is 41.8 Å². The highest BCUT2D eigenvalue weighted by atomic mass is 32.1. The van der Waals surface area contributed by atoms with Crippen molar-refractivity contribution in [2.75, 3.05) is 7.11 Å². The standard InChI is InChI=1S/C16H14O3S/c1-10-8-13(15-4-3-7-20-15)12-9-11(16(17)18-2)5-6-14(12)19-10/h3-10H,1-2H3. The van der Waals surface area contributed by atoms with Crippen LogP contribution in [-0.4, -0.2) is 19.2 Å². The highest BCUT2D eigenvalue weighted by Gasteiger charge is 2.21. The van der Waals surface area contributed by atoms with Crippen molar-refractivity contribution in [3.05, 3.63) is 57.8 Å². The maximum absolute atomic E-state index is 11.7. The predicted octanol–water partition coefficient (Wildman–Crippen LogP) is 3.75. The van der Waals surface area contributed by atoms with Gasteiger partial charge in [-0.1, -0.05) is 6.07 Å². The molecule has 1 aromatic heterocycles. The van der Waals surface area contributed by atoms with Crippen molar-refractivity contribution in [3.63, 3.8) is 0 Å². The molecule has 2 aromatic rings. The molecule has 0 amide bonds. The summed E-state index contributed by atoms with van der Waals surface area (Å²) in [6.45, 7) is 2.00. The largest absolute Gasteiger partial charge is 0.486 e. The van der Waals surface area contributed by atoms with Crippen LogP contribution in [0.2, 0.25) is 0 Å². The Morgan fingerprint density at radius 1 is 1.35 bits per heavy atom. The molecule has 2 heterocycles. The molecule has 1 unspecified atom stereocenters. The third kappa shape index (κ3) is 2.23. The van der Waals surface area contributed by atoms with Gasteiger partial charge in [-0.3, -0.25) is 0 Å². The molecule has 1 aromatic carbocycles. The summed E-state index contributed by atoms with van der Waals surface area (Å²) in [6.07, 6.45) is 2.10. The molecule has 1 atom stereocenters. The van der Waals surface area contributed by atoms with Gasteiger partial charge in [0, 0.05) is 16.0 Å². The third-order valence-corrected chi connectivity index (χ3v) is 4.09. The smallest absolute Gasteiger partial charge is 0.337 e. The summed E-state index contributed by atoms with van der Waals surface area (Å²) < 4.78 is 10.6. The Kier molecular flexibility index (Phi) is 3.32. The van der Waals surface area contributed by atoms with Gasteiger partial charge in [-0.2, -0.15) is 0 Å². The second kappa shape index (κ2) is 5.13. The molecule has 0 saturated heterocycles. The number of esters is 1. The lowest BCUT2D eigenvalue weighted by Crippen LogP contribution is -2.15. The number of ether oxygens (including phenoxy) is 2. The van der Waals surface area contributed by atoms with E-state index in [0.29, 0.717) is 5.56 Å². The van der Waals surface area contributed by atoms with Crippen LogP contribution in [0.1, 0.15) is 27.7 Å². The molecule has 0 aliphatic carbocycles. The quantitative estimate of drug-likeness (QED) is 0.789. The van der Waals surface area contributed by atoms with Gasteiger partial charge in [0.2, 0.25) is 0 Å². The van der Waals surface area contributed by atoms with Crippen LogP contribution < -0.4 is 4.74 Å². The van der Waals surface area contributed by atoms with E-state index in [1.807, 2.05) is 30.5 Å². The summed E-state index contributed by atoms with van der Waals surface area (Å²) in [6, 6.07) is 9.49. The summed E-state index contributed by atoms with van der Waals surface area (Å²) in [4.78, 5) is 12.8. The summed E-state index contributed by atoms with van der Waals surface area (Å²) >= 11 is 1.68. The number of fused-ring (bicyclic) bond motifs is 1. The second-order valence-corrected chi connectivity index (χ2v) is 5.53. The van der Waals surface area contributed by atoms with E-state index in [2.05, 4.69) is 12.1 Å². The highest BCUT2D eigenvalue weighted by Crippen LogP contribution is 2.38. The number of carbonyl (C=O) groups is 1. The number of rotatable bonds is 2. The van der Waals surface area contributed by atoms with Gasteiger partial charge in [0.25, 0.3) is 0 Å². The summed E-state index contributed by atoms with van der Waals surface area (Å²) in [5.74, 6) is 0.466. The van der Waals surface area contributed by atoms with E-state index in [0.717, 1.165) is 16.9 Å². The molecule has 0 N–H and O–H groups in total. The molecule has 0 spiro atoms. The van der Waals surface area contributed by atoms with E-state index in [-0.39, 0.29) is 12.1 Å². The first kappa shape index (κ1) is 12.9. The van der Waals surface area contributed by atoms with Crippen molar-refractivity contribution in [3.8, 4) is 5.75 Å². The molecule has 0 radical (unpaired) electrons. The maximum Gasteiger partial charge on any atom is 0.337 e. The van der Waals surface area contributed by atoms with Crippen molar-refractivity contribution >= 4 is 22.9 Å². The fourth-order valence-electron chi connectivity index (χ4n) is 2.29. The zero-order valence-electron chi connectivity index (χ0n) is 11.3. The number of benzene rings is 1. The van der Waals surface area contributed by atoms with Crippen LogP contribution in [-0.2, 0) is 4.74 Å². The zero-order valence-corrected chi connectivity index (χ0v) is 12.1. The van der Waals surface area contributed by atoms with Gasteiger partial charge in [0.1, 0.15) is 11.9 Å². The van der Waals surface area contributed by atoms with Gasteiger partial charge in [-0.05, 0) is 42.6 Å². The molecule has 0 fully saturated rings. The summed E-state index contributed by atoms with van der Waals surface area (Å²) in [5, 5.41) is 2.04. The number of hydrogen-bond donors (Lipinski definition) is 0. The van der Waals surface area contributed by atoms with Crippen LogP contribution in [0, 0.1) is 0 Å². The fourth-order valence-corrected chi connectivity index (χ4v) is 3.06. The Labute approximate surface area is 121 Å². The van der Waals surface area contributed by atoms with Crippen molar-refractivity contribution < 1.29 is 14.3 Å². The molecule has 1 aliphatic rings. The Morgan fingerprint density at radius 2 is 2.20 bits per heavy atom. The minimum atomic E-state index is -0.336. The lowest BCUT2D eigenvalue weighted by atomic mass is 9.97. The molecule has 0 saturated carbocycles. The van der Waals surface area contributed by atoms with Crippen molar-refractivity contribution in [2.24, 2.45) is 0 Å². The molecule has 1 aliphatic heterocycles. The topological polar surface area (TPSA) is 35.5 Å². The first-order chi connectivity index (χ1) is 9.69. The average molecular weight is 286 g/mol. The Hall–Kier alpha value is -2.07. The lowest BCUT2D eigenvalue weighted by Gasteiger charge is -2.23. The Balaban J connectivity index is 2.12. The van der Waals surface area contributed by atoms with Gasteiger partial charge in [-0.15, -0.1) is 11.3 Å². The zero-order chi connectivity index (χ0) is 14.1. The Morgan fingerprint density at radius 3 is 2.90 bits per heavy atom. The molecule has 3 nitrogen and oxygen atoms in total. The first-order valence-electron chi connectivity index (χ1n) is 6.34. The number of carbonyl (C=O) groups excluding carboxylic acids is 1. The van der Waals surface area contributed by atoms with E-state index >= 15 is 0 Å². The third-order valence-electron chi connectivity index (χ3n) is 3.19. The van der Waals surface area contributed by atoms with Gasteiger partial charge in [-0.25, -0.2) is 4.79 Å². The molecule has 0 bridgehead atoms. The minimum absolute atomic E-state index is 0.0172. The highest BCUT2D eigenvalue weighted by molar-refractivity contribution is 7.11. The van der Waals surface area contributed by atoms with Crippen LogP contribution in [0.5, 0.6) is 5.75 Å². The van der Waals surface area contributed by atoms with E-state index in [9.17, 15) is 4.79 Å². The minimum Gasteiger partial charge on any atom is -0.486 e. The van der Waals surface area contributed by atoms with Crippen LogP contribution in [0.25, 0.3) is 5.57 Å². The number of thiophene rings is 1. The normalized spacial score (nSPS) is 16.9. The molecule has 4 heteroatoms. The van der Waals surface area contributed by atoms with Gasteiger partial charge >= 0.3 is 5.97 Å². The monoisotopic (exact) mass is 286 g/mol. The van der Waals surface area contributed by atoms with Crippen molar-refractivity contribution in [1.29, 1.82) is 0 Å². The van der Waals surface area contributed by atoms with Crippen molar-refractivity contribution in [1.82, 2.24) is 0 Å². The predicted molar refractivity (Wildman–Crippen MR) is 79.3 cm³/mol. The lowest BCUT2D eigenvalue weighted by molar-refractivity contribution is 0.0600. The van der Waals surface area contributed by atoms with Crippen LogP contribution in [0.3, 0.4) is 0 Å². The second-order valence-electron chi connectivity index (χ2n) is 4.58. The summed E-state index contributed by atoms with van der Waals surface area (Å²) in [5.41, 5.74) is 2.58. The molecular weight excluding hydrogens is 272 g/mol. The van der Waals surface area contributed by atoms with Crippen molar-refractivity contribution in [2.45, 2.75) is 13.0 Å². The van der Waals surface area contributed by atoms with E-state index in [4.69, 9.17) is 9.47 Å². The summed E-state index contributed by atoms with van der Waals surface area (Å²) in [7, 11) is 1.39. The molecule has 102 valence electrons. The van der Waals surface area contributed by atoms with Gasteiger partial charge < -0.3 is 9.47 Å². The van der Waals surface area contributed by atoms with Gasteiger partial charge in [0.05, 0.1) is 12.7 Å². The van der Waals surface area contributed by atoms with Gasteiger partial charge in [0.15, 0.2) is 0 Å². The van der Waals surface area contributed by atoms with E-state index in [1.165, 1.54) is 12.0 Å². The van der Waals surface area contributed by atoms with E-state index < -0.39 is 0 Å². The van der Waals surface area contributed by atoms with E-state index in [1.54, 1.807) is 17.4 Å². The SMILES string of the molecule is COC(=O)c1ccc2c(c1)C(c1cccs1)=CC(C)O2. The number of methoxy groups -OCH3 is 1. The first-order valence-corrected chi connectivity index (χ1v) is 7.22.